The van der Waals surface area contributed by atoms with Crippen LogP contribution in [0.5, 0.6) is 0 Å². The lowest BCUT2D eigenvalue weighted by molar-refractivity contribution is -0.138. The molecular formula is C25H24N4O3. The number of carbonyl (C=O) groups is 3. The number of hydrogen-bond donors (Lipinski definition) is 1. The predicted octanol–water partition coefficient (Wildman–Crippen LogP) is 2.88. The van der Waals surface area contributed by atoms with Crippen molar-refractivity contribution in [2.45, 2.75) is 19.4 Å². The van der Waals surface area contributed by atoms with Gasteiger partial charge in [0.05, 0.1) is 12.2 Å². The van der Waals surface area contributed by atoms with E-state index in [1.54, 1.807) is 6.08 Å². The highest BCUT2D eigenvalue weighted by Crippen LogP contribution is 2.23. The topological polar surface area (TPSA) is 84.3 Å². The molecule has 0 bridgehead atoms. The van der Waals surface area contributed by atoms with Crippen molar-refractivity contribution in [3.63, 3.8) is 0 Å². The van der Waals surface area contributed by atoms with Crippen molar-refractivity contribution in [1.29, 1.82) is 0 Å². The van der Waals surface area contributed by atoms with Crippen LogP contribution in [-0.2, 0) is 20.9 Å². The van der Waals surface area contributed by atoms with E-state index in [1.807, 2.05) is 71.5 Å². The fourth-order valence-electron chi connectivity index (χ4n) is 3.62. The molecule has 1 N–H and O–H groups in total. The molecule has 32 heavy (non-hydrogen) atoms. The molecule has 4 rings (SSSR count). The van der Waals surface area contributed by atoms with E-state index in [2.05, 4.69) is 5.32 Å². The number of nitrogens with zero attached hydrogens (tertiary/aromatic N) is 3. The summed E-state index contributed by atoms with van der Waals surface area (Å²) in [6.45, 7) is 1.04. The summed E-state index contributed by atoms with van der Waals surface area (Å²) in [5, 5.41) is 7.46. The van der Waals surface area contributed by atoms with Gasteiger partial charge in [0.2, 0.25) is 17.7 Å². The summed E-state index contributed by atoms with van der Waals surface area (Å²) in [6, 6.07) is 19.9. The van der Waals surface area contributed by atoms with Crippen LogP contribution in [0.4, 0.5) is 0 Å². The van der Waals surface area contributed by atoms with Gasteiger partial charge < -0.3 is 5.32 Å². The Morgan fingerprint density at radius 2 is 1.62 bits per heavy atom. The van der Waals surface area contributed by atoms with E-state index in [0.29, 0.717) is 6.54 Å². The molecule has 0 saturated carbocycles. The first kappa shape index (κ1) is 21.2. The van der Waals surface area contributed by atoms with Gasteiger partial charge in [-0.2, -0.15) is 5.10 Å². The third kappa shape index (κ3) is 5.18. The number of rotatable bonds is 8. The summed E-state index contributed by atoms with van der Waals surface area (Å²) in [7, 11) is 0. The van der Waals surface area contributed by atoms with Crippen molar-refractivity contribution < 1.29 is 14.4 Å². The number of benzene rings is 2. The van der Waals surface area contributed by atoms with Crippen LogP contribution in [0.15, 0.2) is 72.9 Å². The average Bonchev–Trinajstić information content (AvgIpc) is 3.36. The summed E-state index contributed by atoms with van der Waals surface area (Å²) in [6.07, 6.45) is 5.60. The molecule has 7 heteroatoms. The van der Waals surface area contributed by atoms with Gasteiger partial charge in [0.25, 0.3) is 0 Å². The summed E-state index contributed by atoms with van der Waals surface area (Å²) < 4.78 is 1.86. The van der Waals surface area contributed by atoms with E-state index in [4.69, 9.17) is 5.10 Å². The Labute approximate surface area is 186 Å². The largest absolute Gasteiger partial charge is 0.351 e. The molecule has 0 radical (unpaired) electrons. The predicted molar refractivity (Wildman–Crippen MR) is 121 cm³/mol. The molecule has 1 fully saturated rings. The van der Waals surface area contributed by atoms with E-state index < -0.39 is 0 Å². The van der Waals surface area contributed by atoms with Gasteiger partial charge in [0.15, 0.2) is 0 Å². The van der Waals surface area contributed by atoms with Crippen molar-refractivity contribution in [3.05, 3.63) is 84.1 Å². The number of nitrogens with one attached hydrogen (secondary N) is 1. The first-order valence-electron chi connectivity index (χ1n) is 10.6. The zero-order valence-corrected chi connectivity index (χ0v) is 17.6. The minimum Gasteiger partial charge on any atom is -0.351 e. The lowest BCUT2D eigenvalue weighted by Gasteiger charge is -2.13. The van der Waals surface area contributed by atoms with E-state index in [1.165, 1.54) is 11.0 Å². The SMILES string of the molecule is O=C(/C=C/c1cn(Cc2ccccc2)nc1-c1ccccc1)NCCN1C(=O)CCC1=O. The molecule has 0 atom stereocenters. The van der Waals surface area contributed by atoms with Crippen LogP contribution in [0, 0.1) is 0 Å². The fraction of sp³-hybridized carbons (Fsp3) is 0.200. The van der Waals surface area contributed by atoms with Crippen LogP contribution in [0.1, 0.15) is 24.0 Å². The zero-order chi connectivity index (χ0) is 22.3. The number of aromatic nitrogens is 2. The quantitative estimate of drug-likeness (QED) is 0.442. The van der Waals surface area contributed by atoms with Crippen LogP contribution in [0.2, 0.25) is 0 Å². The highest BCUT2D eigenvalue weighted by atomic mass is 16.2. The van der Waals surface area contributed by atoms with E-state index >= 15 is 0 Å². The maximum absolute atomic E-state index is 12.3. The Morgan fingerprint density at radius 3 is 2.31 bits per heavy atom. The monoisotopic (exact) mass is 428 g/mol. The van der Waals surface area contributed by atoms with Gasteiger partial charge in [-0.3, -0.25) is 24.0 Å². The highest BCUT2D eigenvalue weighted by molar-refractivity contribution is 6.02. The smallest absolute Gasteiger partial charge is 0.244 e. The normalized spacial score (nSPS) is 13.8. The number of hydrogen-bond acceptors (Lipinski definition) is 4. The molecule has 0 spiro atoms. The number of carbonyl (C=O) groups excluding carboxylic acids is 3. The summed E-state index contributed by atoms with van der Waals surface area (Å²) in [4.78, 5) is 36.8. The van der Waals surface area contributed by atoms with Gasteiger partial charge in [-0.1, -0.05) is 60.7 Å². The Morgan fingerprint density at radius 1 is 0.969 bits per heavy atom. The molecule has 0 unspecified atom stereocenters. The minimum absolute atomic E-state index is 0.182. The molecule has 162 valence electrons. The third-order valence-electron chi connectivity index (χ3n) is 5.23. The first-order valence-corrected chi connectivity index (χ1v) is 10.6. The summed E-state index contributed by atoms with van der Waals surface area (Å²) >= 11 is 0. The summed E-state index contributed by atoms with van der Waals surface area (Å²) in [5.74, 6) is -0.657. The Hall–Kier alpha value is -4.00. The van der Waals surface area contributed by atoms with Crippen molar-refractivity contribution >= 4 is 23.8 Å². The van der Waals surface area contributed by atoms with Crippen molar-refractivity contribution in [3.8, 4) is 11.3 Å². The molecule has 3 aromatic rings. The molecule has 0 aliphatic carbocycles. The van der Waals surface area contributed by atoms with E-state index in [9.17, 15) is 14.4 Å². The van der Waals surface area contributed by atoms with Gasteiger partial charge in [-0.15, -0.1) is 0 Å². The first-order chi connectivity index (χ1) is 15.6. The van der Waals surface area contributed by atoms with Gasteiger partial charge in [-0.25, -0.2) is 0 Å². The van der Waals surface area contributed by atoms with Crippen molar-refractivity contribution in [1.82, 2.24) is 20.0 Å². The molecule has 3 amide bonds. The lowest BCUT2D eigenvalue weighted by Crippen LogP contribution is -2.37. The van der Waals surface area contributed by atoms with Gasteiger partial charge in [-0.05, 0) is 11.6 Å². The Balaban J connectivity index is 1.45. The van der Waals surface area contributed by atoms with Crippen LogP contribution in [0.3, 0.4) is 0 Å². The maximum atomic E-state index is 12.3. The second kappa shape index (κ2) is 9.87. The second-order valence-corrected chi connectivity index (χ2v) is 7.55. The molecule has 1 aromatic heterocycles. The Bertz CT molecular complexity index is 1120. The van der Waals surface area contributed by atoms with Crippen molar-refractivity contribution in [2.24, 2.45) is 0 Å². The van der Waals surface area contributed by atoms with E-state index in [0.717, 1.165) is 22.4 Å². The second-order valence-electron chi connectivity index (χ2n) is 7.55. The lowest BCUT2D eigenvalue weighted by atomic mass is 10.1. The number of imide groups is 1. The Kier molecular flexibility index (Phi) is 6.55. The zero-order valence-electron chi connectivity index (χ0n) is 17.6. The van der Waals surface area contributed by atoms with E-state index in [-0.39, 0.29) is 43.7 Å². The molecule has 2 heterocycles. The molecule has 7 nitrogen and oxygen atoms in total. The van der Waals surface area contributed by atoms with Gasteiger partial charge in [0.1, 0.15) is 0 Å². The van der Waals surface area contributed by atoms with Crippen LogP contribution in [0.25, 0.3) is 17.3 Å². The fourth-order valence-corrected chi connectivity index (χ4v) is 3.62. The number of amides is 3. The minimum atomic E-state index is -0.293. The van der Waals surface area contributed by atoms with Crippen LogP contribution >= 0.6 is 0 Å². The molecule has 1 aliphatic rings. The van der Waals surface area contributed by atoms with Gasteiger partial charge >= 0.3 is 0 Å². The molecule has 1 aliphatic heterocycles. The average molecular weight is 428 g/mol. The third-order valence-corrected chi connectivity index (χ3v) is 5.23. The van der Waals surface area contributed by atoms with Gasteiger partial charge in [0, 0.05) is 49.3 Å². The highest BCUT2D eigenvalue weighted by Gasteiger charge is 2.28. The molecule has 2 aromatic carbocycles. The molecular weight excluding hydrogens is 404 g/mol. The number of likely N-dealkylation sites (tertiary alicyclic amines) is 1. The van der Waals surface area contributed by atoms with Crippen molar-refractivity contribution in [2.75, 3.05) is 13.1 Å². The maximum Gasteiger partial charge on any atom is 0.244 e. The summed E-state index contributed by atoms with van der Waals surface area (Å²) in [5.41, 5.74) is 3.71. The van der Waals surface area contributed by atoms with Crippen LogP contribution in [-0.4, -0.2) is 45.5 Å². The molecule has 1 saturated heterocycles. The van der Waals surface area contributed by atoms with Crippen LogP contribution < -0.4 is 5.32 Å². The standard InChI is InChI=1S/C25H24N4O3/c30-22(26-15-16-29-23(31)13-14-24(29)32)12-11-21-18-28(17-19-7-3-1-4-8-19)27-25(21)20-9-5-2-6-10-20/h1-12,18H,13-17H2,(H,26,30)/b12-11+.